The van der Waals surface area contributed by atoms with Crippen LogP contribution < -0.4 is 11.0 Å². The predicted octanol–water partition coefficient (Wildman–Crippen LogP) is 6.50. The second kappa shape index (κ2) is 12.2. The highest BCUT2D eigenvalue weighted by atomic mass is 19.1. The minimum Gasteiger partial charge on any atom is -0.371 e. The Labute approximate surface area is 225 Å². The molecule has 206 valence electrons. The van der Waals surface area contributed by atoms with E-state index in [1.54, 1.807) is 44.4 Å². The highest BCUT2D eigenvalue weighted by Crippen LogP contribution is 2.34. The molecule has 8 heteroatoms. The standard InChI is InChI=1S/C30H42FN5O2/c1-5-6-7-8-9-21(2)22-10-14-24(15-11-22)33-28-32-19-18-26(34-28)27-20-35(30(3,4)38)29(37)36(27)25-16-12-23(31)13-17-25/h12-13,16-22,24,38H,5-11,14-15H2,1-4H3,(H,32,33,34)/t21?,22-,24-. The van der Waals surface area contributed by atoms with Gasteiger partial charge in [-0.15, -0.1) is 0 Å². The van der Waals surface area contributed by atoms with Crippen LogP contribution in [-0.4, -0.2) is 30.3 Å². The third-order valence-electron chi connectivity index (χ3n) is 7.90. The summed E-state index contributed by atoms with van der Waals surface area (Å²) in [5, 5.41) is 14.1. The number of hydrogen-bond acceptors (Lipinski definition) is 5. The molecule has 2 heterocycles. The summed E-state index contributed by atoms with van der Waals surface area (Å²) in [4.78, 5) is 22.5. The molecular formula is C30H42FN5O2. The molecule has 0 bridgehead atoms. The first-order valence-corrected chi connectivity index (χ1v) is 14.1. The fraction of sp³-hybridized carbons (Fsp3) is 0.567. The third kappa shape index (κ3) is 6.70. The highest BCUT2D eigenvalue weighted by Gasteiger charge is 2.27. The van der Waals surface area contributed by atoms with Crippen LogP contribution in [0.25, 0.3) is 17.1 Å². The first-order chi connectivity index (χ1) is 18.2. The van der Waals surface area contributed by atoms with Gasteiger partial charge in [-0.1, -0.05) is 46.0 Å². The summed E-state index contributed by atoms with van der Waals surface area (Å²) in [7, 11) is 0. The van der Waals surface area contributed by atoms with Crippen molar-refractivity contribution in [1.29, 1.82) is 0 Å². The lowest BCUT2D eigenvalue weighted by Crippen LogP contribution is -2.36. The largest absolute Gasteiger partial charge is 0.371 e. The summed E-state index contributed by atoms with van der Waals surface area (Å²) in [6, 6.07) is 7.75. The minimum atomic E-state index is -1.42. The summed E-state index contributed by atoms with van der Waals surface area (Å²) in [5.74, 6) is 1.69. The monoisotopic (exact) mass is 523 g/mol. The molecule has 3 aromatic rings. The van der Waals surface area contributed by atoms with Crippen molar-refractivity contribution in [2.75, 3.05) is 5.32 Å². The molecule has 1 aliphatic rings. The first kappa shape index (κ1) is 28.0. The van der Waals surface area contributed by atoms with Gasteiger partial charge < -0.3 is 10.4 Å². The molecule has 1 aliphatic carbocycles. The highest BCUT2D eigenvalue weighted by molar-refractivity contribution is 5.59. The molecule has 0 radical (unpaired) electrons. The molecule has 38 heavy (non-hydrogen) atoms. The maximum atomic E-state index is 13.6. The lowest BCUT2D eigenvalue weighted by atomic mass is 9.77. The number of imidazole rings is 1. The number of hydrogen-bond donors (Lipinski definition) is 2. The number of anilines is 1. The normalized spacial score (nSPS) is 18.9. The molecule has 1 atom stereocenters. The van der Waals surface area contributed by atoms with Crippen molar-refractivity contribution in [3.63, 3.8) is 0 Å². The SMILES string of the molecule is CCCCCCC(C)[C@H]1CC[C@H](Nc2nccc(-c3cn(C(C)(C)O)c(=O)n3-c3ccc(F)cc3)n2)CC1. The van der Waals surface area contributed by atoms with Gasteiger partial charge in [0.25, 0.3) is 0 Å². The molecule has 2 N–H and O–H groups in total. The zero-order valence-electron chi connectivity index (χ0n) is 23.2. The number of halogens is 1. The van der Waals surface area contributed by atoms with E-state index < -0.39 is 11.4 Å². The fourth-order valence-electron chi connectivity index (χ4n) is 5.57. The predicted molar refractivity (Wildman–Crippen MR) is 150 cm³/mol. The van der Waals surface area contributed by atoms with E-state index in [4.69, 9.17) is 4.98 Å². The summed E-state index contributed by atoms with van der Waals surface area (Å²) in [6.07, 6.45) is 14.5. The Morgan fingerprint density at radius 1 is 1.11 bits per heavy atom. The Hall–Kier alpha value is -3.00. The van der Waals surface area contributed by atoms with Gasteiger partial charge in [0.05, 0.1) is 17.1 Å². The smallest absolute Gasteiger partial charge is 0.335 e. The summed E-state index contributed by atoms with van der Waals surface area (Å²) in [5.41, 5.74) is -0.327. The van der Waals surface area contributed by atoms with E-state index in [9.17, 15) is 14.3 Å². The molecular weight excluding hydrogens is 481 g/mol. The number of aromatic nitrogens is 4. The van der Waals surface area contributed by atoms with Crippen LogP contribution in [0.15, 0.2) is 47.5 Å². The van der Waals surface area contributed by atoms with Gasteiger partial charge >= 0.3 is 5.69 Å². The van der Waals surface area contributed by atoms with Crippen molar-refractivity contribution < 1.29 is 9.50 Å². The fourth-order valence-corrected chi connectivity index (χ4v) is 5.57. The van der Waals surface area contributed by atoms with E-state index in [2.05, 4.69) is 24.1 Å². The number of nitrogens with zero attached hydrogens (tertiary/aromatic N) is 4. The maximum Gasteiger partial charge on any atom is 0.335 e. The van der Waals surface area contributed by atoms with Gasteiger partial charge in [-0.25, -0.2) is 19.2 Å². The van der Waals surface area contributed by atoms with Gasteiger partial charge in [0.1, 0.15) is 11.5 Å². The van der Waals surface area contributed by atoms with Gasteiger partial charge in [0.15, 0.2) is 0 Å². The Balaban J connectivity index is 1.49. The van der Waals surface area contributed by atoms with Gasteiger partial charge in [-0.3, -0.25) is 9.13 Å². The van der Waals surface area contributed by atoms with Crippen molar-refractivity contribution >= 4 is 5.95 Å². The zero-order valence-corrected chi connectivity index (χ0v) is 23.2. The lowest BCUT2D eigenvalue weighted by Gasteiger charge is -2.32. The molecule has 1 fully saturated rings. The minimum absolute atomic E-state index is 0.314. The molecule has 2 aromatic heterocycles. The van der Waals surface area contributed by atoms with Crippen LogP contribution in [-0.2, 0) is 5.72 Å². The van der Waals surface area contributed by atoms with Gasteiger partial charge in [0.2, 0.25) is 5.95 Å². The van der Waals surface area contributed by atoms with Crippen LogP contribution in [0.5, 0.6) is 0 Å². The molecule has 7 nitrogen and oxygen atoms in total. The van der Waals surface area contributed by atoms with Crippen molar-refractivity contribution in [3.8, 4) is 17.1 Å². The molecule has 0 aliphatic heterocycles. The molecule has 0 saturated heterocycles. The van der Waals surface area contributed by atoms with E-state index in [1.165, 1.54) is 66.2 Å². The molecule has 1 unspecified atom stereocenters. The number of benzene rings is 1. The lowest BCUT2D eigenvalue weighted by molar-refractivity contribution is -0.00165. The Kier molecular flexibility index (Phi) is 9.03. The number of aliphatic hydroxyl groups is 1. The average molecular weight is 524 g/mol. The summed E-state index contributed by atoms with van der Waals surface area (Å²) >= 11 is 0. The van der Waals surface area contributed by atoms with Crippen LogP contribution in [0.3, 0.4) is 0 Å². The Morgan fingerprint density at radius 2 is 1.82 bits per heavy atom. The van der Waals surface area contributed by atoms with E-state index in [0.717, 1.165) is 24.7 Å². The second-order valence-corrected chi connectivity index (χ2v) is 11.3. The van der Waals surface area contributed by atoms with E-state index in [-0.39, 0.29) is 5.82 Å². The topological polar surface area (TPSA) is 85.0 Å². The van der Waals surface area contributed by atoms with Crippen LogP contribution >= 0.6 is 0 Å². The molecule has 1 saturated carbocycles. The first-order valence-electron chi connectivity index (χ1n) is 14.1. The van der Waals surface area contributed by atoms with E-state index >= 15 is 0 Å². The van der Waals surface area contributed by atoms with Crippen LogP contribution in [0.4, 0.5) is 10.3 Å². The van der Waals surface area contributed by atoms with E-state index in [0.29, 0.717) is 29.1 Å². The van der Waals surface area contributed by atoms with Crippen LogP contribution in [0.2, 0.25) is 0 Å². The average Bonchev–Trinajstić information content (AvgIpc) is 3.25. The Bertz CT molecular complexity index is 1240. The Morgan fingerprint density at radius 3 is 2.47 bits per heavy atom. The van der Waals surface area contributed by atoms with Crippen molar-refractivity contribution in [2.24, 2.45) is 11.8 Å². The number of rotatable bonds is 11. The van der Waals surface area contributed by atoms with Gasteiger partial charge in [-0.05, 0) is 81.7 Å². The molecule has 0 amide bonds. The van der Waals surface area contributed by atoms with Gasteiger partial charge in [-0.2, -0.15) is 0 Å². The van der Waals surface area contributed by atoms with Crippen molar-refractivity contribution in [2.45, 2.75) is 97.2 Å². The molecule has 0 spiro atoms. The second-order valence-electron chi connectivity index (χ2n) is 11.3. The van der Waals surface area contributed by atoms with Crippen LogP contribution in [0, 0.1) is 17.7 Å². The van der Waals surface area contributed by atoms with Crippen LogP contribution in [0.1, 0.15) is 85.5 Å². The van der Waals surface area contributed by atoms with Crippen molar-refractivity contribution in [1.82, 2.24) is 19.1 Å². The third-order valence-corrected chi connectivity index (χ3v) is 7.90. The van der Waals surface area contributed by atoms with Gasteiger partial charge in [0, 0.05) is 18.4 Å². The van der Waals surface area contributed by atoms with Crippen molar-refractivity contribution in [3.05, 3.63) is 59.0 Å². The quantitative estimate of drug-likeness (QED) is 0.280. The number of nitrogens with one attached hydrogen (secondary N) is 1. The number of unbranched alkanes of at least 4 members (excludes halogenated alkanes) is 3. The maximum absolute atomic E-state index is 13.6. The summed E-state index contributed by atoms with van der Waals surface area (Å²) < 4.78 is 16.3. The molecule has 1 aromatic carbocycles. The summed E-state index contributed by atoms with van der Waals surface area (Å²) in [6.45, 7) is 7.76. The molecule has 4 rings (SSSR count). The zero-order chi connectivity index (χ0) is 27.3. The van der Waals surface area contributed by atoms with E-state index in [1.807, 2.05) is 0 Å².